The van der Waals surface area contributed by atoms with Gasteiger partial charge >= 0.3 is 0 Å². The van der Waals surface area contributed by atoms with Gasteiger partial charge in [-0.05, 0) is 42.7 Å². The average molecular weight is 398 g/mol. The quantitative estimate of drug-likeness (QED) is 0.777. The summed E-state index contributed by atoms with van der Waals surface area (Å²) in [5.74, 6) is -0.864. The maximum atomic E-state index is 12.8. The molecule has 0 bridgehead atoms. The lowest BCUT2D eigenvalue weighted by atomic mass is 10.0. The molecule has 7 heteroatoms. The minimum Gasteiger partial charge on any atom is -0.381 e. The Labute approximate surface area is 167 Å². The lowest BCUT2D eigenvalue weighted by Crippen LogP contribution is -2.52. The number of fused-ring (bicyclic) bond motifs is 1. The van der Waals surface area contributed by atoms with Crippen LogP contribution in [-0.4, -0.2) is 28.7 Å². The van der Waals surface area contributed by atoms with Crippen LogP contribution in [0.3, 0.4) is 0 Å². The summed E-state index contributed by atoms with van der Waals surface area (Å²) in [6.45, 7) is 2.88. The Bertz CT molecular complexity index is 989. The number of imide groups is 1. The summed E-state index contributed by atoms with van der Waals surface area (Å²) in [7, 11) is 0. The van der Waals surface area contributed by atoms with Crippen LogP contribution >= 0.6 is 11.6 Å². The molecule has 2 heterocycles. The van der Waals surface area contributed by atoms with Crippen molar-refractivity contribution in [3.05, 3.63) is 63.7 Å². The number of carbonyl (C=O) groups excluding carboxylic acids is 3. The van der Waals surface area contributed by atoms with Crippen LogP contribution in [0.1, 0.15) is 39.9 Å². The molecular weight excluding hydrogens is 378 g/mol. The van der Waals surface area contributed by atoms with E-state index in [1.807, 2.05) is 37.3 Å². The minimum atomic E-state index is -0.610. The first-order valence-corrected chi connectivity index (χ1v) is 9.57. The zero-order valence-electron chi connectivity index (χ0n) is 15.4. The number of aryl methyl sites for hydroxylation is 1. The Morgan fingerprint density at radius 2 is 2.04 bits per heavy atom. The van der Waals surface area contributed by atoms with E-state index in [0.717, 1.165) is 27.4 Å². The molecule has 1 unspecified atom stereocenters. The summed E-state index contributed by atoms with van der Waals surface area (Å²) in [6, 6.07) is 10.8. The van der Waals surface area contributed by atoms with Crippen LogP contribution in [-0.2, 0) is 22.7 Å². The average Bonchev–Trinajstić information content (AvgIpc) is 3.00. The molecule has 2 aromatic rings. The Hall–Kier alpha value is -2.86. The fourth-order valence-electron chi connectivity index (χ4n) is 3.69. The number of anilines is 1. The van der Waals surface area contributed by atoms with E-state index in [2.05, 4.69) is 10.6 Å². The van der Waals surface area contributed by atoms with E-state index in [4.69, 9.17) is 11.6 Å². The maximum absolute atomic E-state index is 12.8. The first kappa shape index (κ1) is 18.5. The van der Waals surface area contributed by atoms with Gasteiger partial charge < -0.3 is 10.2 Å². The molecule has 0 spiro atoms. The Morgan fingerprint density at radius 3 is 2.79 bits per heavy atom. The first-order valence-electron chi connectivity index (χ1n) is 9.19. The van der Waals surface area contributed by atoms with Gasteiger partial charge in [0.25, 0.3) is 5.91 Å². The van der Waals surface area contributed by atoms with Gasteiger partial charge in [-0.2, -0.15) is 0 Å². The minimum absolute atomic E-state index is 0.175. The molecule has 2 N–H and O–H groups in total. The number of hydrogen-bond donors (Lipinski definition) is 2. The largest absolute Gasteiger partial charge is 0.381 e. The third-order valence-corrected chi connectivity index (χ3v) is 5.71. The van der Waals surface area contributed by atoms with E-state index < -0.39 is 11.9 Å². The fourth-order valence-corrected chi connectivity index (χ4v) is 3.90. The Kier molecular flexibility index (Phi) is 4.81. The predicted molar refractivity (Wildman–Crippen MR) is 106 cm³/mol. The molecule has 28 heavy (non-hydrogen) atoms. The second kappa shape index (κ2) is 7.28. The van der Waals surface area contributed by atoms with Gasteiger partial charge in [0, 0.05) is 41.3 Å². The van der Waals surface area contributed by atoms with Crippen molar-refractivity contribution in [1.29, 1.82) is 0 Å². The highest BCUT2D eigenvalue weighted by atomic mass is 35.5. The number of amides is 3. The van der Waals surface area contributed by atoms with Gasteiger partial charge in [0.2, 0.25) is 11.8 Å². The van der Waals surface area contributed by atoms with Gasteiger partial charge in [0.15, 0.2) is 0 Å². The second-order valence-corrected chi connectivity index (χ2v) is 7.58. The van der Waals surface area contributed by atoms with E-state index in [1.54, 1.807) is 11.0 Å². The number of benzene rings is 2. The molecule has 2 aliphatic heterocycles. The van der Waals surface area contributed by atoms with E-state index >= 15 is 0 Å². The van der Waals surface area contributed by atoms with Crippen molar-refractivity contribution < 1.29 is 14.4 Å². The molecule has 6 nitrogen and oxygen atoms in total. The molecular formula is C21H20ClN3O3. The number of nitrogens with zero attached hydrogens (tertiary/aromatic N) is 1. The monoisotopic (exact) mass is 397 g/mol. The van der Waals surface area contributed by atoms with Crippen molar-refractivity contribution in [2.45, 2.75) is 38.9 Å². The highest BCUT2D eigenvalue weighted by Gasteiger charge is 2.39. The molecule has 1 fully saturated rings. The van der Waals surface area contributed by atoms with Crippen LogP contribution in [0, 0.1) is 6.92 Å². The van der Waals surface area contributed by atoms with Crippen molar-refractivity contribution in [2.75, 3.05) is 5.32 Å². The lowest BCUT2D eigenvalue weighted by Gasteiger charge is -2.29. The normalized spacial score (nSPS) is 18.9. The summed E-state index contributed by atoms with van der Waals surface area (Å²) in [5.41, 5.74) is 4.39. The lowest BCUT2D eigenvalue weighted by molar-refractivity contribution is -0.136. The number of rotatable bonds is 4. The molecule has 144 valence electrons. The van der Waals surface area contributed by atoms with E-state index in [9.17, 15) is 14.4 Å². The van der Waals surface area contributed by atoms with Crippen LogP contribution in [0.15, 0.2) is 36.4 Å². The first-order chi connectivity index (χ1) is 13.4. The van der Waals surface area contributed by atoms with Gasteiger partial charge in [-0.25, -0.2) is 0 Å². The molecule has 2 aromatic carbocycles. The van der Waals surface area contributed by atoms with E-state index in [-0.39, 0.29) is 18.2 Å². The number of halogens is 1. The van der Waals surface area contributed by atoms with Gasteiger partial charge in [-0.3, -0.25) is 19.7 Å². The third kappa shape index (κ3) is 3.36. The van der Waals surface area contributed by atoms with E-state index in [1.165, 1.54) is 0 Å². The Balaban J connectivity index is 1.53. The fraction of sp³-hybridized carbons (Fsp3) is 0.286. The summed E-state index contributed by atoms with van der Waals surface area (Å²) < 4.78 is 0. The van der Waals surface area contributed by atoms with Crippen LogP contribution in [0.2, 0.25) is 5.02 Å². The molecule has 1 atom stereocenters. The van der Waals surface area contributed by atoms with Crippen molar-refractivity contribution in [3.8, 4) is 0 Å². The van der Waals surface area contributed by atoms with E-state index in [0.29, 0.717) is 25.1 Å². The standard InChI is InChI=1S/C21H20ClN3O3/c1-12-5-6-13(9-16(12)22)10-23-17-4-2-3-14-15(17)11-25(21(14)28)18-7-8-19(26)24-20(18)27/h2-6,9,18,23H,7-8,10-11H2,1H3,(H,24,26,27). The maximum Gasteiger partial charge on any atom is 0.255 e. The molecule has 0 aromatic heterocycles. The predicted octanol–water partition coefficient (Wildman–Crippen LogP) is 3.02. The molecule has 0 saturated carbocycles. The number of piperidine rings is 1. The highest BCUT2D eigenvalue weighted by Crippen LogP contribution is 2.32. The molecule has 0 aliphatic carbocycles. The third-order valence-electron chi connectivity index (χ3n) is 5.30. The van der Waals surface area contributed by atoms with Crippen LogP contribution in [0.5, 0.6) is 0 Å². The highest BCUT2D eigenvalue weighted by molar-refractivity contribution is 6.31. The zero-order valence-corrected chi connectivity index (χ0v) is 16.2. The summed E-state index contributed by atoms with van der Waals surface area (Å²) in [6.07, 6.45) is 0.602. The summed E-state index contributed by atoms with van der Waals surface area (Å²) in [5, 5.41) is 6.42. The molecule has 3 amide bonds. The van der Waals surface area contributed by atoms with Gasteiger partial charge in [0.1, 0.15) is 6.04 Å². The molecule has 4 rings (SSSR count). The van der Waals surface area contributed by atoms with Crippen molar-refractivity contribution >= 4 is 35.0 Å². The van der Waals surface area contributed by atoms with Crippen LogP contribution < -0.4 is 10.6 Å². The Morgan fingerprint density at radius 1 is 1.21 bits per heavy atom. The summed E-state index contributed by atoms with van der Waals surface area (Å²) in [4.78, 5) is 38.0. The molecule has 0 radical (unpaired) electrons. The topological polar surface area (TPSA) is 78.5 Å². The molecule has 1 saturated heterocycles. The van der Waals surface area contributed by atoms with Crippen molar-refractivity contribution in [2.24, 2.45) is 0 Å². The summed E-state index contributed by atoms with van der Waals surface area (Å²) >= 11 is 6.20. The van der Waals surface area contributed by atoms with Crippen LogP contribution in [0.25, 0.3) is 0 Å². The number of carbonyl (C=O) groups is 3. The number of hydrogen-bond acceptors (Lipinski definition) is 4. The zero-order chi connectivity index (χ0) is 19.8. The van der Waals surface area contributed by atoms with Gasteiger partial charge in [-0.15, -0.1) is 0 Å². The SMILES string of the molecule is Cc1ccc(CNc2cccc3c2CN(C2CCC(=O)NC2=O)C3=O)cc1Cl. The van der Waals surface area contributed by atoms with Crippen molar-refractivity contribution in [1.82, 2.24) is 10.2 Å². The smallest absolute Gasteiger partial charge is 0.255 e. The molecule has 2 aliphatic rings. The second-order valence-electron chi connectivity index (χ2n) is 7.17. The van der Waals surface area contributed by atoms with Crippen molar-refractivity contribution in [3.63, 3.8) is 0 Å². The van der Waals surface area contributed by atoms with Gasteiger partial charge in [0.05, 0.1) is 0 Å². The van der Waals surface area contributed by atoms with Crippen LogP contribution in [0.4, 0.5) is 5.69 Å². The number of nitrogens with one attached hydrogen (secondary N) is 2. The van der Waals surface area contributed by atoms with Gasteiger partial charge in [-0.1, -0.05) is 29.8 Å².